The minimum absolute atomic E-state index is 0.269. The van der Waals surface area contributed by atoms with Crippen molar-refractivity contribution in [3.63, 3.8) is 0 Å². The lowest BCUT2D eigenvalue weighted by Crippen LogP contribution is -2.29. The minimum Gasteiger partial charge on any atom is -0.392 e. The van der Waals surface area contributed by atoms with Crippen molar-refractivity contribution in [2.75, 3.05) is 6.54 Å². The Kier molecular flexibility index (Phi) is 3.39. The lowest BCUT2D eigenvalue weighted by atomic mass is 10.0. The van der Waals surface area contributed by atoms with Gasteiger partial charge in [-0.2, -0.15) is 0 Å². The third-order valence-electron chi connectivity index (χ3n) is 2.89. The van der Waals surface area contributed by atoms with E-state index < -0.39 is 0 Å². The van der Waals surface area contributed by atoms with Crippen molar-refractivity contribution in [2.24, 2.45) is 5.92 Å². The van der Waals surface area contributed by atoms with Gasteiger partial charge in [-0.1, -0.05) is 30.3 Å². The Bertz CT molecular complexity index is 293. The monoisotopic (exact) mass is 205 g/mol. The van der Waals surface area contributed by atoms with Gasteiger partial charge in [0, 0.05) is 12.6 Å². The number of aliphatic hydroxyl groups is 1. The van der Waals surface area contributed by atoms with Crippen LogP contribution in [0.1, 0.15) is 31.4 Å². The smallest absolute Gasteiger partial charge is 0.0636 e. The summed E-state index contributed by atoms with van der Waals surface area (Å²) in [5.41, 5.74) is 1.35. The van der Waals surface area contributed by atoms with Crippen molar-refractivity contribution in [1.29, 1.82) is 0 Å². The van der Waals surface area contributed by atoms with Gasteiger partial charge in [0.25, 0.3) is 0 Å². The first-order valence-electron chi connectivity index (χ1n) is 5.74. The zero-order valence-electron chi connectivity index (χ0n) is 9.19. The molecule has 0 bridgehead atoms. The zero-order chi connectivity index (χ0) is 10.7. The van der Waals surface area contributed by atoms with Crippen molar-refractivity contribution >= 4 is 0 Å². The summed E-state index contributed by atoms with van der Waals surface area (Å²) < 4.78 is 0. The molecule has 1 saturated carbocycles. The first kappa shape index (κ1) is 10.7. The molecule has 0 amide bonds. The molecule has 1 fully saturated rings. The molecule has 82 valence electrons. The molecule has 1 aliphatic rings. The second kappa shape index (κ2) is 4.77. The van der Waals surface area contributed by atoms with Crippen LogP contribution in [0.4, 0.5) is 0 Å². The largest absolute Gasteiger partial charge is 0.392 e. The summed E-state index contributed by atoms with van der Waals surface area (Å²) in [6, 6.07) is 11.0. The van der Waals surface area contributed by atoms with Gasteiger partial charge in [0.05, 0.1) is 6.10 Å². The molecule has 0 saturated heterocycles. The molecule has 1 aliphatic carbocycles. The van der Waals surface area contributed by atoms with Crippen LogP contribution in [0, 0.1) is 5.92 Å². The van der Waals surface area contributed by atoms with Gasteiger partial charge in [-0.05, 0) is 31.2 Å². The zero-order valence-corrected chi connectivity index (χ0v) is 9.19. The first-order chi connectivity index (χ1) is 7.27. The maximum Gasteiger partial charge on any atom is 0.0636 e. The van der Waals surface area contributed by atoms with Gasteiger partial charge in [0.1, 0.15) is 0 Å². The van der Waals surface area contributed by atoms with Crippen molar-refractivity contribution in [3.05, 3.63) is 35.9 Å². The van der Waals surface area contributed by atoms with E-state index in [4.69, 9.17) is 0 Å². The maximum absolute atomic E-state index is 9.29. The molecular weight excluding hydrogens is 186 g/mol. The standard InChI is InChI=1S/C13H19NO/c1-10(15)9-14-13(12-7-8-12)11-5-3-2-4-6-11/h2-6,10,12-15H,7-9H2,1H3/t10-,13-/m0/s1. The average Bonchev–Trinajstić information content (AvgIpc) is 3.03. The number of hydrogen-bond acceptors (Lipinski definition) is 2. The normalized spacial score (nSPS) is 19.9. The molecule has 2 nitrogen and oxygen atoms in total. The molecule has 2 N–H and O–H groups in total. The summed E-state index contributed by atoms with van der Waals surface area (Å²) >= 11 is 0. The van der Waals surface area contributed by atoms with Gasteiger partial charge >= 0.3 is 0 Å². The molecule has 15 heavy (non-hydrogen) atoms. The highest BCUT2D eigenvalue weighted by Gasteiger charge is 2.31. The molecule has 1 aromatic carbocycles. The maximum atomic E-state index is 9.29. The second-order valence-electron chi connectivity index (χ2n) is 4.48. The fourth-order valence-corrected chi connectivity index (χ4v) is 1.94. The number of nitrogens with one attached hydrogen (secondary N) is 1. The number of benzene rings is 1. The van der Waals surface area contributed by atoms with Crippen LogP contribution in [0.5, 0.6) is 0 Å². The van der Waals surface area contributed by atoms with Gasteiger partial charge in [0.2, 0.25) is 0 Å². The quantitative estimate of drug-likeness (QED) is 0.771. The van der Waals surface area contributed by atoms with Gasteiger partial charge in [-0.15, -0.1) is 0 Å². The fourth-order valence-electron chi connectivity index (χ4n) is 1.94. The van der Waals surface area contributed by atoms with E-state index in [0.29, 0.717) is 12.6 Å². The molecule has 2 atom stereocenters. The van der Waals surface area contributed by atoms with Crippen LogP contribution in [0.3, 0.4) is 0 Å². The number of aliphatic hydroxyl groups excluding tert-OH is 1. The number of hydrogen-bond donors (Lipinski definition) is 2. The van der Waals surface area contributed by atoms with Gasteiger partial charge in [0.15, 0.2) is 0 Å². The van der Waals surface area contributed by atoms with E-state index in [-0.39, 0.29) is 6.10 Å². The molecule has 0 heterocycles. The van der Waals surface area contributed by atoms with Crippen LogP contribution >= 0.6 is 0 Å². The minimum atomic E-state index is -0.269. The highest BCUT2D eigenvalue weighted by molar-refractivity contribution is 5.21. The van der Waals surface area contributed by atoms with E-state index in [1.807, 2.05) is 13.0 Å². The third kappa shape index (κ3) is 3.05. The molecule has 2 heteroatoms. The van der Waals surface area contributed by atoms with E-state index in [1.54, 1.807) is 0 Å². The Balaban J connectivity index is 2.00. The van der Waals surface area contributed by atoms with E-state index in [9.17, 15) is 5.11 Å². The highest BCUT2D eigenvalue weighted by Crippen LogP contribution is 2.40. The lowest BCUT2D eigenvalue weighted by Gasteiger charge is -2.19. The molecular formula is C13H19NO. The van der Waals surface area contributed by atoms with Crippen molar-refractivity contribution in [3.8, 4) is 0 Å². The van der Waals surface area contributed by atoms with Gasteiger partial charge in [-0.25, -0.2) is 0 Å². The number of rotatable bonds is 5. The third-order valence-corrected chi connectivity index (χ3v) is 2.89. The molecule has 0 radical (unpaired) electrons. The summed E-state index contributed by atoms with van der Waals surface area (Å²) in [7, 11) is 0. The summed E-state index contributed by atoms with van der Waals surface area (Å²) in [5, 5.41) is 12.7. The summed E-state index contributed by atoms with van der Waals surface area (Å²) in [4.78, 5) is 0. The SMILES string of the molecule is C[C@H](O)CN[C@@H](c1ccccc1)C1CC1. The Morgan fingerprint density at radius 1 is 1.33 bits per heavy atom. The second-order valence-corrected chi connectivity index (χ2v) is 4.48. The molecule has 1 aromatic rings. The Labute approximate surface area is 91.3 Å². The van der Waals surface area contributed by atoms with Crippen LogP contribution in [-0.4, -0.2) is 17.8 Å². The van der Waals surface area contributed by atoms with Crippen molar-refractivity contribution < 1.29 is 5.11 Å². The predicted molar refractivity (Wildman–Crippen MR) is 61.6 cm³/mol. The Hall–Kier alpha value is -0.860. The van der Waals surface area contributed by atoms with E-state index in [2.05, 4.69) is 29.6 Å². The van der Waals surface area contributed by atoms with E-state index in [1.165, 1.54) is 18.4 Å². The molecule has 0 aliphatic heterocycles. The lowest BCUT2D eigenvalue weighted by molar-refractivity contribution is 0.184. The summed E-state index contributed by atoms with van der Waals surface area (Å²) in [5.74, 6) is 0.770. The van der Waals surface area contributed by atoms with Gasteiger partial charge < -0.3 is 10.4 Å². The topological polar surface area (TPSA) is 32.3 Å². The Morgan fingerprint density at radius 3 is 2.53 bits per heavy atom. The first-order valence-corrected chi connectivity index (χ1v) is 5.74. The van der Waals surface area contributed by atoms with Crippen LogP contribution in [0.25, 0.3) is 0 Å². The summed E-state index contributed by atoms with van der Waals surface area (Å²) in [6.07, 6.45) is 2.36. The van der Waals surface area contributed by atoms with E-state index >= 15 is 0 Å². The molecule has 2 rings (SSSR count). The molecule has 0 spiro atoms. The predicted octanol–water partition coefficient (Wildman–Crippen LogP) is 2.11. The van der Waals surface area contributed by atoms with Crippen LogP contribution < -0.4 is 5.32 Å². The van der Waals surface area contributed by atoms with Crippen LogP contribution in [0.2, 0.25) is 0 Å². The molecule has 0 unspecified atom stereocenters. The summed E-state index contributed by atoms with van der Waals surface area (Å²) in [6.45, 7) is 2.50. The average molecular weight is 205 g/mol. The Morgan fingerprint density at radius 2 is 2.00 bits per heavy atom. The van der Waals surface area contributed by atoms with E-state index in [0.717, 1.165) is 5.92 Å². The van der Waals surface area contributed by atoms with Crippen LogP contribution in [-0.2, 0) is 0 Å². The highest BCUT2D eigenvalue weighted by atomic mass is 16.3. The van der Waals surface area contributed by atoms with Crippen LogP contribution in [0.15, 0.2) is 30.3 Å². The molecule has 0 aromatic heterocycles. The van der Waals surface area contributed by atoms with Crippen molar-refractivity contribution in [2.45, 2.75) is 31.9 Å². The fraction of sp³-hybridized carbons (Fsp3) is 0.538. The van der Waals surface area contributed by atoms with Crippen molar-refractivity contribution in [1.82, 2.24) is 5.32 Å². The van der Waals surface area contributed by atoms with Gasteiger partial charge in [-0.3, -0.25) is 0 Å².